The molecule has 0 aromatic carbocycles. The van der Waals surface area contributed by atoms with Gasteiger partial charge in [0.2, 0.25) is 0 Å². The standard InChI is InChI=1S/C27H29F3N6O2/c1-5-17(3)24(20(28)6-2)35-12-10-34(11-13-35)22-14-19-15-32-18(4)33-25(19)36(26(22)37)16-21-23(38-27(29)30)8-7-9-31-21/h5-9,14-15,27H,2,10-13,16H2,1,3-4H3/b17-5-,24-20-. The van der Waals surface area contributed by atoms with Crippen LogP contribution < -0.4 is 15.2 Å². The Morgan fingerprint density at radius 3 is 2.63 bits per heavy atom. The zero-order valence-corrected chi connectivity index (χ0v) is 21.5. The average molecular weight is 527 g/mol. The largest absolute Gasteiger partial charge is 0.433 e. The maximum atomic E-state index is 14.6. The molecule has 8 nitrogen and oxygen atoms in total. The first-order valence-electron chi connectivity index (χ1n) is 12.1. The van der Waals surface area contributed by atoms with Crippen LogP contribution >= 0.6 is 0 Å². The minimum absolute atomic E-state index is 0.116. The van der Waals surface area contributed by atoms with Gasteiger partial charge in [-0.25, -0.2) is 14.4 Å². The zero-order chi connectivity index (χ0) is 27.4. The Balaban J connectivity index is 1.72. The predicted molar refractivity (Wildman–Crippen MR) is 140 cm³/mol. The molecule has 0 spiro atoms. The van der Waals surface area contributed by atoms with Crippen LogP contribution in [0.1, 0.15) is 25.4 Å². The number of hydrogen-bond donors (Lipinski definition) is 0. The molecule has 1 fully saturated rings. The molecule has 1 aliphatic heterocycles. The molecule has 11 heteroatoms. The molecule has 38 heavy (non-hydrogen) atoms. The van der Waals surface area contributed by atoms with E-state index in [2.05, 4.69) is 26.3 Å². The van der Waals surface area contributed by atoms with E-state index in [-0.39, 0.29) is 23.5 Å². The van der Waals surface area contributed by atoms with Gasteiger partial charge in [-0.2, -0.15) is 8.78 Å². The number of rotatable bonds is 8. The molecule has 3 aromatic heterocycles. The van der Waals surface area contributed by atoms with Crippen LogP contribution in [0.15, 0.2) is 71.2 Å². The quantitative estimate of drug-likeness (QED) is 0.397. The number of piperazine rings is 1. The molecule has 4 rings (SSSR count). The van der Waals surface area contributed by atoms with E-state index in [1.54, 1.807) is 19.2 Å². The van der Waals surface area contributed by atoms with Crippen molar-refractivity contribution in [1.82, 2.24) is 24.4 Å². The van der Waals surface area contributed by atoms with Gasteiger partial charge in [-0.05, 0) is 50.6 Å². The highest BCUT2D eigenvalue weighted by molar-refractivity contribution is 5.78. The van der Waals surface area contributed by atoms with Crippen LogP contribution in [0.5, 0.6) is 5.75 Å². The molecular formula is C27H29F3N6O2. The molecule has 4 heterocycles. The average Bonchev–Trinajstić information content (AvgIpc) is 2.91. The lowest BCUT2D eigenvalue weighted by atomic mass is 10.1. The third kappa shape index (κ3) is 5.56. The van der Waals surface area contributed by atoms with Crippen molar-refractivity contribution < 1.29 is 17.9 Å². The van der Waals surface area contributed by atoms with Crippen LogP contribution in [0.25, 0.3) is 11.0 Å². The van der Waals surface area contributed by atoms with E-state index in [1.807, 2.05) is 29.7 Å². The Morgan fingerprint density at radius 2 is 1.97 bits per heavy atom. The van der Waals surface area contributed by atoms with Gasteiger partial charge >= 0.3 is 6.61 Å². The summed E-state index contributed by atoms with van der Waals surface area (Å²) in [5.41, 5.74) is 1.88. The van der Waals surface area contributed by atoms with Crippen molar-refractivity contribution in [1.29, 1.82) is 0 Å². The lowest BCUT2D eigenvalue weighted by Gasteiger charge is -2.38. The lowest BCUT2D eigenvalue weighted by Crippen LogP contribution is -2.48. The maximum Gasteiger partial charge on any atom is 0.387 e. The van der Waals surface area contributed by atoms with Crippen LogP contribution in [0.4, 0.5) is 18.9 Å². The van der Waals surface area contributed by atoms with E-state index in [4.69, 9.17) is 0 Å². The third-order valence-electron chi connectivity index (χ3n) is 6.45. The van der Waals surface area contributed by atoms with Gasteiger partial charge in [-0.1, -0.05) is 12.7 Å². The fraction of sp³-hybridized carbons (Fsp3) is 0.333. The van der Waals surface area contributed by atoms with Gasteiger partial charge in [-0.15, -0.1) is 0 Å². The van der Waals surface area contributed by atoms with Crippen LogP contribution in [-0.4, -0.2) is 57.2 Å². The first-order valence-corrected chi connectivity index (χ1v) is 12.1. The molecule has 0 atom stereocenters. The van der Waals surface area contributed by atoms with E-state index in [0.29, 0.717) is 54.4 Å². The second kappa shape index (κ2) is 11.5. The summed E-state index contributed by atoms with van der Waals surface area (Å²) >= 11 is 0. The molecule has 200 valence electrons. The lowest BCUT2D eigenvalue weighted by molar-refractivity contribution is -0.0507. The molecule has 1 aliphatic rings. The van der Waals surface area contributed by atoms with Crippen molar-refractivity contribution >= 4 is 16.7 Å². The van der Waals surface area contributed by atoms with Gasteiger partial charge in [0, 0.05) is 44.0 Å². The number of nitrogens with zero attached hydrogens (tertiary/aromatic N) is 6. The topological polar surface area (TPSA) is 76.4 Å². The first kappa shape index (κ1) is 26.9. The van der Waals surface area contributed by atoms with E-state index >= 15 is 0 Å². The van der Waals surface area contributed by atoms with Crippen molar-refractivity contribution in [2.75, 3.05) is 31.1 Å². The third-order valence-corrected chi connectivity index (χ3v) is 6.45. The summed E-state index contributed by atoms with van der Waals surface area (Å²) in [5, 5.41) is 0.614. The summed E-state index contributed by atoms with van der Waals surface area (Å²) in [6.07, 6.45) is 6.11. The van der Waals surface area contributed by atoms with Gasteiger partial charge in [0.1, 0.15) is 34.4 Å². The molecule has 0 amide bonds. The highest BCUT2D eigenvalue weighted by Crippen LogP contribution is 2.26. The summed E-state index contributed by atoms with van der Waals surface area (Å²) in [6.45, 7) is 7.68. The Labute approximate surface area is 218 Å². The van der Waals surface area contributed by atoms with Crippen LogP contribution in [-0.2, 0) is 6.54 Å². The smallest absolute Gasteiger partial charge is 0.387 e. The monoisotopic (exact) mass is 526 g/mol. The second-order valence-electron chi connectivity index (χ2n) is 8.79. The highest BCUT2D eigenvalue weighted by Gasteiger charge is 2.25. The molecule has 0 N–H and O–H groups in total. The van der Waals surface area contributed by atoms with Crippen molar-refractivity contribution in [2.45, 2.75) is 33.9 Å². The highest BCUT2D eigenvalue weighted by atomic mass is 19.3. The van der Waals surface area contributed by atoms with Gasteiger partial charge in [0.25, 0.3) is 5.56 Å². The van der Waals surface area contributed by atoms with Gasteiger partial charge in [0.05, 0.1) is 12.2 Å². The number of halogens is 3. The molecule has 0 radical (unpaired) electrons. The summed E-state index contributed by atoms with van der Waals surface area (Å²) < 4.78 is 46.6. The number of fused-ring (bicyclic) bond motifs is 1. The number of anilines is 1. The van der Waals surface area contributed by atoms with Crippen LogP contribution in [0.3, 0.4) is 0 Å². The minimum Gasteiger partial charge on any atom is -0.433 e. The number of aromatic nitrogens is 4. The summed E-state index contributed by atoms with van der Waals surface area (Å²) in [5.74, 6) is -0.0536. The Hall–Kier alpha value is -4.15. The van der Waals surface area contributed by atoms with Crippen molar-refractivity contribution in [3.05, 3.63) is 88.3 Å². The fourth-order valence-electron chi connectivity index (χ4n) is 4.49. The van der Waals surface area contributed by atoms with Crippen molar-refractivity contribution in [2.24, 2.45) is 0 Å². The number of pyridine rings is 2. The Kier molecular flexibility index (Phi) is 8.13. The maximum absolute atomic E-state index is 14.6. The predicted octanol–water partition coefficient (Wildman–Crippen LogP) is 4.60. The SMILES string of the molecule is C=C/C(F)=C(\C(C)=C/C)N1CCN(c2cc3cnc(C)nc3n(Cc3ncccc3OC(F)F)c2=O)CC1. The fourth-order valence-corrected chi connectivity index (χ4v) is 4.49. The van der Waals surface area contributed by atoms with Gasteiger partial charge in [0.15, 0.2) is 0 Å². The van der Waals surface area contributed by atoms with E-state index in [0.717, 1.165) is 5.57 Å². The number of hydrogen-bond acceptors (Lipinski definition) is 7. The van der Waals surface area contributed by atoms with Gasteiger partial charge < -0.3 is 14.5 Å². The van der Waals surface area contributed by atoms with Gasteiger partial charge in [-0.3, -0.25) is 14.3 Å². The number of alkyl halides is 2. The molecule has 0 bridgehead atoms. The van der Waals surface area contributed by atoms with Crippen LogP contribution in [0.2, 0.25) is 0 Å². The number of aryl methyl sites for hydroxylation is 1. The van der Waals surface area contributed by atoms with E-state index < -0.39 is 12.4 Å². The summed E-state index contributed by atoms with van der Waals surface area (Å²) in [7, 11) is 0. The minimum atomic E-state index is -3.03. The Bertz CT molecular complexity index is 1460. The number of ether oxygens (including phenoxy) is 1. The second-order valence-corrected chi connectivity index (χ2v) is 8.79. The van der Waals surface area contributed by atoms with Crippen LogP contribution in [0, 0.1) is 6.92 Å². The number of allylic oxidation sites excluding steroid dienone is 4. The van der Waals surface area contributed by atoms with Crippen molar-refractivity contribution in [3.8, 4) is 5.75 Å². The summed E-state index contributed by atoms with van der Waals surface area (Å²) in [6, 6.07) is 4.60. The Morgan fingerprint density at radius 1 is 1.24 bits per heavy atom. The van der Waals surface area contributed by atoms with Crippen molar-refractivity contribution in [3.63, 3.8) is 0 Å². The molecule has 0 aliphatic carbocycles. The van der Waals surface area contributed by atoms with E-state index in [1.165, 1.54) is 29.0 Å². The molecule has 1 saturated heterocycles. The zero-order valence-electron chi connectivity index (χ0n) is 21.5. The molecule has 0 saturated carbocycles. The molecule has 3 aromatic rings. The summed E-state index contributed by atoms with van der Waals surface area (Å²) in [4.78, 5) is 30.6. The van der Waals surface area contributed by atoms with E-state index in [9.17, 15) is 18.0 Å². The first-order chi connectivity index (χ1) is 18.2. The molecular weight excluding hydrogens is 497 g/mol. The normalized spacial score (nSPS) is 15.2. The molecule has 0 unspecified atom stereocenters.